The first-order valence-corrected chi connectivity index (χ1v) is 9.01. The van der Waals surface area contributed by atoms with Crippen molar-refractivity contribution in [3.8, 4) is 0 Å². The van der Waals surface area contributed by atoms with E-state index in [-0.39, 0.29) is 12.2 Å². The molecule has 0 amide bonds. The first-order valence-electron chi connectivity index (χ1n) is 6.32. The van der Waals surface area contributed by atoms with E-state index in [4.69, 9.17) is 9.29 Å². The quantitative estimate of drug-likeness (QED) is 0.281. The van der Waals surface area contributed by atoms with Gasteiger partial charge in [-0.05, 0) is 59.7 Å². The van der Waals surface area contributed by atoms with E-state index < -0.39 is 22.1 Å². The highest BCUT2D eigenvalue weighted by atomic mass is 127. The Balaban J connectivity index is 2.56. The number of rotatable bonds is 8. The van der Waals surface area contributed by atoms with Crippen LogP contribution in [0.15, 0.2) is 24.3 Å². The third-order valence-corrected chi connectivity index (χ3v) is 4.33. The number of halogens is 1. The largest absolute Gasteiger partial charge is 0.468 e. The molecule has 1 aromatic rings. The van der Waals surface area contributed by atoms with Gasteiger partial charge in [-0.2, -0.15) is 8.42 Å². The summed E-state index contributed by atoms with van der Waals surface area (Å²) >= 11 is 2.20. The van der Waals surface area contributed by atoms with Crippen LogP contribution in [0.2, 0.25) is 0 Å². The van der Waals surface area contributed by atoms with Gasteiger partial charge in [0.15, 0.2) is 0 Å². The topological polar surface area (TPSA) is 92.7 Å². The predicted molar refractivity (Wildman–Crippen MR) is 87.7 cm³/mol. The molecule has 1 rings (SSSR count). The minimum absolute atomic E-state index is 0.221. The Hall–Kier alpha value is -0.710. The van der Waals surface area contributed by atoms with Crippen molar-refractivity contribution in [2.75, 3.05) is 19.4 Å². The van der Waals surface area contributed by atoms with E-state index in [1.54, 1.807) is 0 Å². The van der Waals surface area contributed by atoms with Crippen LogP contribution < -0.4 is 5.32 Å². The van der Waals surface area contributed by atoms with Gasteiger partial charge in [-0.1, -0.05) is 12.1 Å². The molecule has 0 radical (unpaired) electrons. The third-order valence-electron chi connectivity index (χ3n) is 2.81. The lowest BCUT2D eigenvalue weighted by molar-refractivity contribution is -0.143. The molecule has 0 bridgehead atoms. The van der Waals surface area contributed by atoms with Crippen LogP contribution in [-0.2, 0) is 26.1 Å². The van der Waals surface area contributed by atoms with Gasteiger partial charge in [0.2, 0.25) is 0 Å². The number of hydrogen-bond donors (Lipinski definition) is 2. The molecule has 0 heterocycles. The van der Waals surface area contributed by atoms with Gasteiger partial charge in [-0.15, -0.1) is 0 Å². The van der Waals surface area contributed by atoms with Crippen LogP contribution in [0.5, 0.6) is 0 Å². The first kappa shape index (κ1) is 18.3. The van der Waals surface area contributed by atoms with Crippen molar-refractivity contribution in [3.63, 3.8) is 0 Å². The molecule has 0 unspecified atom stereocenters. The van der Waals surface area contributed by atoms with E-state index in [0.29, 0.717) is 13.0 Å². The minimum Gasteiger partial charge on any atom is -0.468 e. The van der Waals surface area contributed by atoms with E-state index in [9.17, 15) is 13.2 Å². The zero-order chi connectivity index (χ0) is 15.9. The molecular weight excluding hydrogens is 409 g/mol. The SMILES string of the molecule is COC(=O)[C@H](Cc1ccc(I)cc1)NCCCS(=O)(=O)O. The number of carbonyl (C=O) groups excluding carboxylic acids is 1. The lowest BCUT2D eigenvalue weighted by Crippen LogP contribution is -2.40. The molecule has 6 nitrogen and oxygen atoms in total. The number of benzene rings is 1. The average Bonchev–Trinajstić information content (AvgIpc) is 2.42. The molecule has 21 heavy (non-hydrogen) atoms. The zero-order valence-corrected chi connectivity index (χ0v) is 14.6. The average molecular weight is 427 g/mol. The zero-order valence-electron chi connectivity index (χ0n) is 11.6. The van der Waals surface area contributed by atoms with E-state index in [1.165, 1.54) is 7.11 Å². The molecule has 1 atom stereocenters. The minimum atomic E-state index is -3.97. The van der Waals surface area contributed by atoms with Gasteiger partial charge in [-0.25, -0.2) is 0 Å². The predicted octanol–water partition coefficient (Wildman–Crippen LogP) is 1.24. The lowest BCUT2D eigenvalue weighted by atomic mass is 10.1. The van der Waals surface area contributed by atoms with Crippen molar-refractivity contribution >= 4 is 38.7 Å². The Labute approximate surface area is 138 Å². The second-order valence-electron chi connectivity index (χ2n) is 4.50. The molecule has 2 N–H and O–H groups in total. The summed E-state index contributed by atoms with van der Waals surface area (Å²) in [7, 11) is -2.66. The van der Waals surface area contributed by atoms with Crippen LogP contribution >= 0.6 is 22.6 Å². The maximum atomic E-state index is 11.7. The molecule has 0 fully saturated rings. The van der Waals surface area contributed by atoms with E-state index in [0.717, 1.165) is 9.13 Å². The van der Waals surface area contributed by atoms with E-state index in [2.05, 4.69) is 27.9 Å². The number of methoxy groups -OCH3 is 1. The standard InChI is InChI=1S/C13H18INO5S/c1-20-13(16)12(15-7-2-8-21(17,18)19)9-10-3-5-11(14)6-4-10/h3-6,12,15H,2,7-9H2,1H3,(H,17,18,19)/t12-/m0/s1. The molecule has 0 aromatic heterocycles. The molecule has 118 valence electrons. The number of hydrogen-bond acceptors (Lipinski definition) is 5. The summed E-state index contributed by atoms with van der Waals surface area (Å²) in [5, 5.41) is 2.95. The summed E-state index contributed by atoms with van der Waals surface area (Å²) < 4.78 is 35.7. The van der Waals surface area contributed by atoms with Crippen molar-refractivity contribution < 1.29 is 22.5 Å². The van der Waals surface area contributed by atoms with Gasteiger partial charge in [0.05, 0.1) is 12.9 Å². The Morgan fingerprint density at radius 2 is 2.00 bits per heavy atom. The Morgan fingerprint density at radius 1 is 1.38 bits per heavy atom. The Morgan fingerprint density at radius 3 is 2.52 bits per heavy atom. The molecule has 0 saturated heterocycles. The van der Waals surface area contributed by atoms with Crippen LogP contribution in [0, 0.1) is 3.57 Å². The molecule has 0 aliphatic heterocycles. The third kappa shape index (κ3) is 7.74. The second kappa shape index (κ2) is 8.66. The van der Waals surface area contributed by atoms with Crippen LogP contribution in [0.4, 0.5) is 0 Å². The molecule has 0 aliphatic rings. The lowest BCUT2D eigenvalue weighted by Gasteiger charge is -2.16. The maximum absolute atomic E-state index is 11.7. The monoisotopic (exact) mass is 427 g/mol. The van der Waals surface area contributed by atoms with Crippen molar-refractivity contribution in [1.29, 1.82) is 0 Å². The van der Waals surface area contributed by atoms with Crippen molar-refractivity contribution in [2.45, 2.75) is 18.9 Å². The van der Waals surface area contributed by atoms with Crippen LogP contribution in [0.1, 0.15) is 12.0 Å². The highest BCUT2D eigenvalue weighted by Crippen LogP contribution is 2.09. The molecule has 0 spiro atoms. The van der Waals surface area contributed by atoms with Gasteiger partial charge >= 0.3 is 5.97 Å². The maximum Gasteiger partial charge on any atom is 0.323 e. The van der Waals surface area contributed by atoms with Crippen LogP contribution in [0.25, 0.3) is 0 Å². The molecule has 1 aromatic carbocycles. The summed E-state index contributed by atoms with van der Waals surface area (Å²) in [6, 6.07) is 7.21. The number of ether oxygens (including phenoxy) is 1. The summed E-state index contributed by atoms with van der Waals surface area (Å²) in [5.74, 6) is -0.738. The summed E-state index contributed by atoms with van der Waals surface area (Å²) in [5.41, 5.74) is 0.980. The molecule has 8 heteroatoms. The van der Waals surface area contributed by atoms with Crippen LogP contribution in [-0.4, -0.2) is 44.4 Å². The van der Waals surface area contributed by atoms with E-state index >= 15 is 0 Å². The molecular formula is C13H18INO5S. The fourth-order valence-electron chi connectivity index (χ4n) is 1.77. The smallest absolute Gasteiger partial charge is 0.323 e. The normalized spacial score (nSPS) is 12.9. The van der Waals surface area contributed by atoms with Gasteiger partial charge in [0.25, 0.3) is 10.1 Å². The Bertz CT molecular complexity index is 558. The fraction of sp³-hybridized carbons (Fsp3) is 0.462. The van der Waals surface area contributed by atoms with Gasteiger partial charge in [-0.3, -0.25) is 9.35 Å². The first-order chi connectivity index (χ1) is 9.81. The highest BCUT2D eigenvalue weighted by Gasteiger charge is 2.19. The number of carbonyl (C=O) groups is 1. The summed E-state index contributed by atoms with van der Waals surface area (Å²) in [6.45, 7) is 0.296. The van der Waals surface area contributed by atoms with Gasteiger partial charge in [0, 0.05) is 3.57 Å². The summed E-state index contributed by atoms with van der Waals surface area (Å²) in [6.07, 6.45) is 0.675. The van der Waals surface area contributed by atoms with Crippen molar-refractivity contribution in [3.05, 3.63) is 33.4 Å². The second-order valence-corrected chi connectivity index (χ2v) is 7.32. The summed E-state index contributed by atoms with van der Waals surface area (Å²) in [4.78, 5) is 11.7. The van der Waals surface area contributed by atoms with Gasteiger partial charge < -0.3 is 10.1 Å². The number of esters is 1. The molecule has 0 aliphatic carbocycles. The van der Waals surface area contributed by atoms with E-state index in [1.807, 2.05) is 24.3 Å². The molecule has 0 saturated carbocycles. The van der Waals surface area contributed by atoms with Crippen molar-refractivity contribution in [1.82, 2.24) is 5.32 Å². The highest BCUT2D eigenvalue weighted by molar-refractivity contribution is 14.1. The van der Waals surface area contributed by atoms with Gasteiger partial charge in [0.1, 0.15) is 6.04 Å². The van der Waals surface area contributed by atoms with Crippen LogP contribution in [0.3, 0.4) is 0 Å². The Kier molecular flexibility index (Phi) is 7.57. The number of nitrogens with one attached hydrogen (secondary N) is 1. The van der Waals surface area contributed by atoms with Crippen molar-refractivity contribution in [2.24, 2.45) is 0 Å². The fourth-order valence-corrected chi connectivity index (χ4v) is 2.64.